The van der Waals surface area contributed by atoms with E-state index in [1.807, 2.05) is 56.5 Å². The summed E-state index contributed by atoms with van der Waals surface area (Å²) in [5.41, 5.74) is 3.78. The Morgan fingerprint density at radius 2 is 2.00 bits per heavy atom. The molecule has 1 aliphatic rings. The van der Waals surface area contributed by atoms with Gasteiger partial charge in [-0.25, -0.2) is 15.0 Å². The van der Waals surface area contributed by atoms with Crippen LogP contribution in [-0.2, 0) is 7.05 Å². The van der Waals surface area contributed by atoms with Gasteiger partial charge in [0, 0.05) is 42.6 Å². The fourth-order valence-corrected chi connectivity index (χ4v) is 3.27. The smallest absolute Gasteiger partial charge is 0.153 e. The molecule has 0 saturated carbocycles. The van der Waals surface area contributed by atoms with Crippen molar-refractivity contribution in [3.05, 3.63) is 65.4 Å². The summed E-state index contributed by atoms with van der Waals surface area (Å²) in [5.74, 6) is 1.71. The summed E-state index contributed by atoms with van der Waals surface area (Å²) in [7, 11) is 1.90. The molecule has 1 atom stereocenters. The molecular weight excluding hydrogens is 328 g/mol. The quantitative estimate of drug-likeness (QED) is 0.787. The van der Waals surface area contributed by atoms with E-state index in [0.717, 1.165) is 28.4 Å². The number of nitrogens with zero attached hydrogens (tertiary/aromatic N) is 6. The van der Waals surface area contributed by atoms with Crippen LogP contribution in [0.15, 0.2) is 47.8 Å². The van der Waals surface area contributed by atoms with Crippen LogP contribution in [0, 0.1) is 13.8 Å². The van der Waals surface area contributed by atoms with E-state index in [2.05, 4.69) is 15.1 Å². The number of phenolic OH excluding ortho intramolecular Hbond substituents is 1. The van der Waals surface area contributed by atoms with Gasteiger partial charge in [0.25, 0.3) is 0 Å². The molecule has 7 heteroatoms. The van der Waals surface area contributed by atoms with E-state index in [1.165, 1.54) is 0 Å². The number of rotatable bonds is 3. The van der Waals surface area contributed by atoms with E-state index in [1.54, 1.807) is 16.8 Å². The van der Waals surface area contributed by atoms with Gasteiger partial charge in [0.15, 0.2) is 5.82 Å². The summed E-state index contributed by atoms with van der Waals surface area (Å²) in [6.07, 6.45) is 4.57. The molecule has 26 heavy (non-hydrogen) atoms. The Morgan fingerprint density at radius 3 is 2.69 bits per heavy atom. The number of hydrogen-bond donors (Lipinski definition) is 1. The third-order valence-corrected chi connectivity index (χ3v) is 4.39. The Bertz CT molecular complexity index is 973. The minimum Gasteiger partial charge on any atom is -0.508 e. The van der Waals surface area contributed by atoms with Crippen LogP contribution < -0.4 is 5.01 Å². The number of hydrogen-bond acceptors (Lipinski definition) is 6. The van der Waals surface area contributed by atoms with E-state index in [-0.39, 0.29) is 11.8 Å². The highest BCUT2D eigenvalue weighted by Gasteiger charge is 2.32. The predicted octanol–water partition coefficient (Wildman–Crippen LogP) is 2.89. The second-order valence-electron chi connectivity index (χ2n) is 6.52. The van der Waals surface area contributed by atoms with E-state index < -0.39 is 0 Å². The van der Waals surface area contributed by atoms with Crippen LogP contribution in [0.25, 0.3) is 0 Å². The highest BCUT2D eigenvalue weighted by Crippen LogP contribution is 2.36. The lowest BCUT2D eigenvalue weighted by molar-refractivity contribution is 0.475. The zero-order valence-corrected chi connectivity index (χ0v) is 15.0. The largest absolute Gasteiger partial charge is 0.508 e. The average molecular weight is 348 g/mol. The molecule has 1 N–H and O–H groups in total. The number of aromatic nitrogens is 4. The normalized spacial score (nSPS) is 16.8. The standard InChI is InChI=1S/C19H20N6O/c1-12-7-19(22-13(2)21-12)25-18(15-10-20-24(3)11-15)9-17(23-25)14-5-4-6-16(26)8-14/h4-8,10-11,18,26H,9H2,1-3H3/t18-/m1/s1. The Kier molecular flexibility index (Phi) is 3.91. The van der Waals surface area contributed by atoms with Crippen molar-refractivity contribution < 1.29 is 5.11 Å². The first-order chi connectivity index (χ1) is 12.5. The van der Waals surface area contributed by atoms with Gasteiger partial charge in [-0.1, -0.05) is 12.1 Å². The van der Waals surface area contributed by atoms with Gasteiger partial charge in [0.1, 0.15) is 11.6 Å². The predicted molar refractivity (Wildman–Crippen MR) is 99.2 cm³/mol. The van der Waals surface area contributed by atoms with Crippen LogP contribution in [0.3, 0.4) is 0 Å². The molecule has 0 spiro atoms. The molecule has 4 rings (SSSR count). The molecule has 3 heterocycles. The molecule has 0 amide bonds. The third kappa shape index (κ3) is 3.03. The molecule has 0 bridgehead atoms. The van der Waals surface area contributed by atoms with Crippen LogP contribution >= 0.6 is 0 Å². The highest BCUT2D eigenvalue weighted by atomic mass is 16.3. The Morgan fingerprint density at radius 1 is 1.15 bits per heavy atom. The summed E-state index contributed by atoms with van der Waals surface area (Å²) in [6.45, 7) is 3.83. The number of anilines is 1. The monoisotopic (exact) mass is 348 g/mol. The summed E-state index contributed by atoms with van der Waals surface area (Å²) in [5, 5.41) is 20.9. The molecule has 2 aromatic heterocycles. The summed E-state index contributed by atoms with van der Waals surface area (Å²) < 4.78 is 1.79. The zero-order chi connectivity index (χ0) is 18.3. The Balaban J connectivity index is 1.79. The van der Waals surface area contributed by atoms with Crippen molar-refractivity contribution in [3.8, 4) is 5.75 Å². The maximum Gasteiger partial charge on any atom is 0.153 e. The Hall–Kier alpha value is -3.22. The maximum atomic E-state index is 9.81. The lowest BCUT2D eigenvalue weighted by atomic mass is 10.0. The van der Waals surface area contributed by atoms with Crippen LogP contribution in [0.5, 0.6) is 5.75 Å². The maximum absolute atomic E-state index is 9.81. The minimum absolute atomic E-state index is 0.00486. The third-order valence-electron chi connectivity index (χ3n) is 4.39. The first-order valence-corrected chi connectivity index (χ1v) is 8.46. The van der Waals surface area contributed by atoms with E-state index in [4.69, 9.17) is 5.10 Å². The van der Waals surface area contributed by atoms with Gasteiger partial charge in [0.2, 0.25) is 0 Å². The molecule has 0 aliphatic carbocycles. The van der Waals surface area contributed by atoms with Gasteiger partial charge in [0.05, 0.1) is 18.0 Å². The molecule has 3 aromatic rings. The lowest BCUT2D eigenvalue weighted by Crippen LogP contribution is -2.20. The molecule has 7 nitrogen and oxygen atoms in total. The van der Waals surface area contributed by atoms with Gasteiger partial charge in [-0.3, -0.25) is 4.68 Å². The Labute approximate surface area is 151 Å². The van der Waals surface area contributed by atoms with Gasteiger partial charge < -0.3 is 5.11 Å². The number of aryl methyl sites for hydroxylation is 3. The molecule has 1 aliphatic heterocycles. The summed E-state index contributed by atoms with van der Waals surface area (Å²) in [4.78, 5) is 8.94. The molecule has 0 unspecified atom stereocenters. The highest BCUT2D eigenvalue weighted by molar-refractivity contribution is 6.03. The van der Waals surface area contributed by atoms with E-state index >= 15 is 0 Å². The average Bonchev–Trinajstić information content (AvgIpc) is 3.20. The van der Waals surface area contributed by atoms with Crippen molar-refractivity contribution in [2.24, 2.45) is 12.1 Å². The topological polar surface area (TPSA) is 79.4 Å². The van der Waals surface area contributed by atoms with Crippen LogP contribution in [0.1, 0.15) is 35.1 Å². The van der Waals surface area contributed by atoms with Gasteiger partial charge in [-0.05, 0) is 26.0 Å². The lowest BCUT2D eigenvalue weighted by Gasteiger charge is -2.22. The van der Waals surface area contributed by atoms with Crippen molar-refractivity contribution in [3.63, 3.8) is 0 Å². The summed E-state index contributed by atoms with van der Waals surface area (Å²) >= 11 is 0. The van der Waals surface area contributed by atoms with E-state index in [0.29, 0.717) is 12.2 Å². The van der Waals surface area contributed by atoms with Crippen LogP contribution in [-0.4, -0.2) is 30.6 Å². The molecule has 1 aromatic carbocycles. The number of phenols is 1. The van der Waals surface area contributed by atoms with Gasteiger partial charge in [-0.2, -0.15) is 10.2 Å². The number of benzene rings is 1. The first-order valence-electron chi connectivity index (χ1n) is 8.46. The SMILES string of the molecule is Cc1cc(N2N=C(c3cccc(O)c3)C[C@@H]2c2cnn(C)c2)nc(C)n1. The van der Waals surface area contributed by atoms with Gasteiger partial charge in [-0.15, -0.1) is 0 Å². The fraction of sp³-hybridized carbons (Fsp3) is 0.263. The number of hydrazone groups is 1. The molecule has 132 valence electrons. The van der Waals surface area contributed by atoms with Crippen molar-refractivity contribution in [2.75, 3.05) is 5.01 Å². The van der Waals surface area contributed by atoms with Crippen molar-refractivity contribution in [1.29, 1.82) is 0 Å². The second kappa shape index (κ2) is 6.25. The van der Waals surface area contributed by atoms with Crippen molar-refractivity contribution >= 4 is 11.5 Å². The second-order valence-corrected chi connectivity index (χ2v) is 6.52. The van der Waals surface area contributed by atoms with Crippen LogP contribution in [0.2, 0.25) is 0 Å². The first kappa shape index (κ1) is 16.3. The summed E-state index contributed by atoms with van der Waals surface area (Å²) in [6, 6.07) is 9.11. The zero-order valence-electron chi connectivity index (χ0n) is 15.0. The number of aromatic hydroxyl groups is 1. The minimum atomic E-state index is -0.00486. The van der Waals surface area contributed by atoms with Crippen molar-refractivity contribution in [2.45, 2.75) is 26.3 Å². The molecule has 0 saturated heterocycles. The van der Waals surface area contributed by atoms with Crippen LogP contribution in [0.4, 0.5) is 5.82 Å². The molecule has 0 fully saturated rings. The fourth-order valence-electron chi connectivity index (χ4n) is 3.27. The van der Waals surface area contributed by atoms with Gasteiger partial charge >= 0.3 is 0 Å². The molecular formula is C19H20N6O. The molecule has 0 radical (unpaired) electrons. The van der Waals surface area contributed by atoms with E-state index in [9.17, 15) is 5.11 Å². The van der Waals surface area contributed by atoms with Crippen molar-refractivity contribution in [1.82, 2.24) is 19.7 Å².